The molecule has 0 amide bonds. The fourth-order valence-corrected chi connectivity index (χ4v) is 3.67. The zero-order valence-corrected chi connectivity index (χ0v) is 14.0. The van der Waals surface area contributed by atoms with Crippen LogP contribution in [0.5, 0.6) is 0 Å². The van der Waals surface area contributed by atoms with Crippen molar-refractivity contribution in [1.29, 1.82) is 0 Å². The van der Waals surface area contributed by atoms with E-state index in [2.05, 4.69) is 37.6 Å². The molecule has 118 valence electrons. The summed E-state index contributed by atoms with van der Waals surface area (Å²) in [6.45, 7) is 8.96. The molecule has 1 aromatic heterocycles. The molecule has 1 heterocycles. The summed E-state index contributed by atoms with van der Waals surface area (Å²) in [7, 11) is 0. The molecular formula is C18H30N2O. The number of Topliss-reactive ketones (excluding diaryl/α,β-unsaturated/α-hetero) is 1. The van der Waals surface area contributed by atoms with Crippen LogP contribution in [0.2, 0.25) is 0 Å². The summed E-state index contributed by atoms with van der Waals surface area (Å²) in [6, 6.07) is 2.98. The lowest BCUT2D eigenvalue weighted by atomic mass is 10.1. The predicted molar refractivity (Wildman–Crippen MR) is 88.1 cm³/mol. The van der Waals surface area contributed by atoms with Crippen LogP contribution in [0.4, 0.5) is 0 Å². The summed E-state index contributed by atoms with van der Waals surface area (Å²) in [5, 5.41) is 3.49. The number of rotatable bonds is 5. The first-order chi connectivity index (χ1) is 10.0. The molecule has 0 radical (unpaired) electrons. The Bertz CT molecular complexity index is 480. The van der Waals surface area contributed by atoms with Gasteiger partial charge in [-0.1, -0.05) is 25.7 Å². The Kier molecular flexibility index (Phi) is 5.63. The van der Waals surface area contributed by atoms with Crippen molar-refractivity contribution in [3.63, 3.8) is 0 Å². The van der Waals surface area contributed by atoms with Crippen LogP contribution in [0, 0.1) is 13.8 Å². The Balaban J connectivity index is 1.98. The predicted octanol–water partition coefficient (Wildman–Crippen LogP) is 4.18. The summed E-state index contributed by atoms with van der Waals surface area (Å²) in [6.07, 6.45) is 7.74. The number of aryl methyl sites for hydroxylation is 1. The normalized spacial score (nSPS) is 17.2. The van der Waals surface area contributed by atoms with Gasteiger partial charge in [0.2, 0.25) is 0 Å². The number of aromatic nitrogens is 1. The van der Waals surface area contributed by atoms with Gasteiger partial charge in [-0.25, -0.2) is 0 Å². The molecule has 1 aliphatic rings. The van der Waals surface area contributed by atoms with Crippen LogP contribution in [0.1, 0.15) is 80.2 Å². The second-order valence-electron chi connectivity index (χ2n) is 6.74. The van der Waals surface area contributed by atoms with Crippen molar-refractivity contribution in [2.45, 2.75) is 78.3 Å². The molecule has 1 aliphatic carbocycles. The summed E-state index contributed by atoms with van der Waals surface area (Å²) in [5.41, 5.74) is 3.18. The van der Waals surface area contributed by atoms with Gasteiger partial charge in [-0.3, -0.25) is 4.79 Å². The van der Waals surface area contributed by atoms with Crippen molar-refractivity contribution in [2.24, 2.45) is 0 Å². The molecule has 0 saturated heterocycles. The van der Waals surface area contributed by atoms with Crippen LogP contribution < -0.4 is 5.32 Å². The van der Waals surface area contributed by atoms with E-state index >= 15 is 0 Å². The van der Waals surface area contributed by atoms with Crippen LogP contribution in [0.3, 0.4) is 0 Å². The highest BCUT2D eigenvalue weighted by Gasteiger charge is 2.18. The maximum Gasteiger partial charge on any atom is 0.178 e. The summed E-state index contributed by atoms with van der Waals surface area (Å²) < 4.78 is 2.25. The number of ketones is 1. The first kappa shape index (κ1) is 16.3. The van der Waals surface area contributed by atoms with E-state index in [-0.39, 0.29) is 5.78 Å². The maximum absolute atomic E-state index is 12.5. The molecule has 3 nitrogen and oxygen atoms in total. The van der Waals surface area contributed by atoms with Crippen LogP contribution in [-0.2, 0) is 0 Å². The minimum atomic E-state index is 0.235. The largest absolute Gasteiger partial charge is 0.346 e. The molecule has 1 aromatic rings. The Morgan fingerprint density at radius 2 is 1.86 bits per heavy atom. The minimum absolute atomic E-state index is 0.235. The average molecular weight is 290 g/mol. The van der Waals surface area contributed by atoms with Crippen molar-refractivity contribution in [3.05, 3.63) is 23.0 Å². The highest BCUT2D eigenvalue weighted by molar-refractivity contribution is 5.99. The SMILES string of the molecule is Cc1cc(C(=O)CNC2CCCCCC2)c(C)n1C(C)C. The molecule has 0 aromatic carbocycles. The van der Waals surface area contributed by atoms with Crippen molar-refractivity contribution in [3.8, 4) is 0 Å². The number of hydrogen-bond acceptors (Lipinski definition) is 2. The lowest BCUT2D eigenvalue weighted by Crippen LogP contribution is -2.33. The number of carbonyl (C=O) groups excluding carboxylic acids is 1. The highest BCUT2D eigenvalue weighted by Crippen LogP contribution is 2.21. The number of nitrogens with zero attached hydrogens (tertiary/aromatic N) is 1. The Hall–Kier alpha value is -1.09. The van der Waals surface area contributed by atoms with E-state index in [4.69, 9.17) is 0 Å². The standard InChI is InChI=1S/C18H30N2O/c1-13(2)20-14(3)11-17(15(20)4)18(21)12-19-16-9-7-5-6-8-10-16/h11,13,16,19H,5-10,12H2,1-4H3. The van der Waals surface area contributed by atoms with Crippen LogP contribution in [0.15, 0.2) is 6.07 Å². The van der Waals surface area contributed by atoms with Gasteiger partial charge in [-0.15, -0.1) is 0 Å². The first-order valence-electron chi connectivity index (χ1n) is 8.45. The first-order valence-corrected chi connectivity index (χ1v) is 8.45. The van der Waals surface area contributed by atoms with E-state index in [1.54, 1.807) is 0 Å². The van der Waals surface area contributed by atoms with E-state index in [9.17, 15) is 4.79 Å². The molecule has 1 fully saturated rings. The minimum Gasteiger partial charge on any atom is -0.346 e. The monoisotopic (exact) mass is 290 g/mol. The van der Waals surface area contributed by atoms with Crippen molar-refractivity contribution < 1.29 is 4.79 Å². The van der Waals surface area contributed by atoms with E-state index in [0.717, 1.165) is 11.3 Å². The molecule has 3 heteroatoms. The second-order valence-corrected chi connectivity index (χ2v) is 6.74. The van der Waals surface area contributed by atoms with Crippen LogP contribution in [0.25, 0.3) is 0 Å². The summed E-state index contributed by atoms with van der Waals surface area (Å²) in [5.74, 6) is 0.235. The van der Waals surface area contributed by atoms with Gasteiger partial charge in [-0.05, 0) is 46.6 Å². The van der Waals surface area contributed by atoms with Gasteiger partial charge < -0.3 is 9.88 Å². The van der Waals surface area contributed by atoms with Gasteiger partial charge in [0, 0.05) is 29.0 Å². The third-order valence-electron chi connectivity index (χ3n) is 4.71. The maximum atomic E-state index is 12.5. The molecular weight excluding hydrogens is 260 g/mol. The van der Waals surface area contributed by atoms with E-state index in [1.807, 2.05) is 6.07 Å². The van der Waals surface area contributed by atoms with Gasteiger partial charge in [0.1, 0.15) is 0 Å². The Morgan fingerprint density at radius 3 is 2.38 bits per heavy atom. The van der Waals surface area contributed by atoms with Crippen molar-refractivity contribution >= 4 is 5.78 Å². The number of nitrogens with one attached hydrogen (secondary N) is 1. The van der Waals surface area contributed by atoms with E-state index < -0.39 is 0 Å². The zero-order valence-electron chi connectivity index (χ0n) is 14.0. The molecule has 1 saturated carbocycles. The fourth-order valence-electron chi connectivity index (χ4n) is 3.67. The molecule has 0 atom stereocenters. The lowest BCUT2D eigenvalue weighted by Gasteiger charge is -2.16. The quantitative estimate of drug-likeness (QED) is 0.652. The molecule has 1 N–H and O–H groups in total. The van der Waals surface area contributed by atoms with E-state index in [1.165, 1.54) is 44.2 Å². The molecule has 0 bridgehead atoms. The van der Waals surface area contributed by atoms with Gasteiger partial charge in [0.05, 0.1) is 6.54 Å². The van der Waals surface area contributed by atoms with Crippen molar-refractivity contribution in [1.82, 2.24) is 9.88 Å². The van der Waals surface area contributed by atoms with Gasteiger partial charge >= 0.3 is 0 Å². The van der Waals surface area contributed by atoms with Gasteiger partial charge in [0.15, 0.2) is 5.78 Å². The third-order valence-corrected chi connectivity index (χ3v) is 4.71. The summed E-state index contributed by atoms with van der Waals surface area (Å²) >= 11 is 0. The Morgan fingerprint density at radius 1 is 1.24 bits per heavy atom. The second kappa shape index (κ2) is 7.26. The smallest absolute Gasteiger partial charge is 0.178 e. The molecule has 0 unspecified atom stereocenters. The van der Waals surface area contributed by atoms with Crippen molar-refractivity contribution in [2.75, 3.05) is 6.54 Å². The fraction of sp³-hybridized carbons (Fsp3) is 0.722. The van der Waals surface area contributed by atoms with Gasteiger partial charge in [-0.2, -0.15) is 0 Å². The van der Waals surface area contributed by atoms with Crippen LogP contribution >= 0.6 is 0 Å². The molecule has 21 heavy (non-hydrogen) atoms. The average Bonchev–Trinajstić information content (AvgIpc) is 2.63. The highest BCUT2D eigenvalue weighted by atomic mass is 16.1. The summed E-state index contributed by atoms with van der Waals surface area (Å²) in [4.78, 5) is 12.5. The van der Waals surface area contributed by atoms with Crippen LogP contribution in [-0.4, -0.2) is 22.9 Å². The third kappa shape index (κ3) is 3.97. The molecule has 0 spiro atoms. The van der Waals surface area contributed by atoms with E-state index in [0.29, 0.717) is 18.6 Å². The topological polar surface area (TPSA) is 34.0 Å². The Labute approximate surface area is 129 Å². The number of hydrogen-bond donors (Lipinski definition) is 1. The number of carbonyl (C=O) groups is 1. The molecule has 2 rings (SSSR count). The zero-order chi connectivity index (χ0) is 15.4. The van der Waals surface area contributed by atoms with Gasteiger partial charge in [0.25, 0.3) is 0 Å². The lowest BCUT2D eigenvalue weighted by molar-refractivity contribution is 0.0985. The molecule has 0 aliphatic heterocycles.